The second kappa shape index (κ2) is 5.37. The summed E-state index contributed by atoms with van der Waals surface area (Å²) in [6.45, 7) is 5.16. The van der Waals surface area contributed by atoms with Crippen molar-refractivity contribution in [2.75, 3.05) is 20.8 Å². The lowest BCUT2D eigenvalue weighted by Gasteiger charge is -2.51. The number of rotatable bonds is 3. The molecular formula is C20H28O4. The Morgan fingerprint density at radius 2 is 2.00 bits per heavy atom. The third kappa shape index (κ3) is 1.99. The number of hydrogen-bond acceptors (Lipinski definition) is 4. The van der Waals surface area contributed by atoms with E-state index in [2.05, 4.69) is 19.9 Å². The molecule has 5 atom stereocenters. The molecule has 1 N–H and O–H groups in total. The quantitative estimate of drug-likeness (QED) is 0.919. The van der Waals surface area contributed by atoms with Gasteiger partial charge in [0, 0.05) is 23.7 Å². The van der Waals surface area contributed by atoms with Gasteiger partial charge >= 0.3 is 0 Å². The fraction of sp³-hybridized carbons (Fsp3) is 0.700. The molecule has 0 aromatic heterocycles. The van der Waals surface area contributed by atoms with Crippen molar-refractivity contribution in [3.8, 4) is 11.5 Å². The second-order valence-electron chi connectivity index (χ2n) is 8.35. The van der Waals surface area contributed by atoms with Crippen molar-refractivity contribution >= 4 is 0 Å². The van der Waals surface area contributed by atoms with Gasteiger partial charge in [0.15, 0.2) is 0 Å². The Morgan fingerprint density at radius 3 is 2.67 bits per heavy atom. The highest BCUT2D eigenvalue weighted by atomic mass is 16.5. The highest BCUT2D eigenvalue weighted by Gasteiger charge is 2.68. The zero-order valence-corrected chi connectivity index (χ0v) is 15.0. The van der Waals surface area contributed by atoms with Crippen molar-refractivity contribution < 1.29 is 19.3 Å². The molecule has 1 aromatic carbocycles. The molecule has 2 saturated carbocycles. The highest BCUT2D eigenvalue weighted by Crippen LogP contribution is 2.70. The van der Waals surface area contributed by atoms with Gasteiger partial charge in [0.25, 0.3) is 0 Å². The maximum Gasteiger partial charge on any atom is 0.128 e. The van der Waals surface area contributed by atoms with Crippen LogP contribution in [0.25, 0.3) is 0 Å². The van der Waals surface area contributed by atoms with Crippen LogP contribution in [0.2, 0.25) is 0 Å². The first-order valence-electron chi connectivity index (χ1n) is 8.95. The SMILES string of the molecule is COc1ccc([C@H]2OCCC34C[C@@H](C[C@H]23)C(C)(C)[C@H]4O)c(OC)c1. The molecule has 1 aliphatic heterocycles. The first kappa shape index (κ1) is 16.2. The second-order valence-corrected chi connectivity index (χ2v) is 8.35. The average molecular weight is 332 g/mol. The van der Waals surface area contributed by atoms with Gasteiger partial charge in [-0.2, -0.15) is 0 Å². The number of aliphatic hydroxyl groups is 1. The van der Waals surface area contributed by atoms with Gasteiger partial charge in [-0.3, -0.25) is 0 Å². The lowest BCUT2D eigenvalue weighted by atomic mass is 9.60. The summed E-state index contributed by atoms with van der Waals surface area (Å²) in [4.78, 5) is 0. The van der Waals surface area contributed by atoms with Crippen LogP contribution in [0.5, 0.6) is 11.5 Å². The molecule has 1 spiro atoms. The van der Waals surface area contributed by atoms with Crippen LogP contribution in [0, 0.1) is 22.7 Å². The van der Waals surface area contributed by atoms with Crippen LogP contribution < -0.4 is 9.47 Å². The molecule has 3 aliphatic rings. The average Bonchev–Trinajstić information content (AvgIpc) is 3.08. The molecule has 132 valence electrons. The van der Waals surface area contributed by atoms with E-state index in [1.165, 1.54) is 0 Å². The molecule has 1 heterocycles. The molecule has 4 rings (SSSR count). The van der Waals surface area contributed by atoms with E-state index in [4.69, 9.17) is 14.2 Å². The molecule has 1 aromatic rings. The Kier molecular flexibility index (Phi) is 3.63. The molecule has 0 radical (unpaired) electrons. The van der Waals surface area contributed by atoms with Gasteiger partial charge in [-0.05, 0) is 48.6 Å². The summed E-state index contributed by atoms with van der Waals surface area (Å²) in [5.74, 6) is 2.54. The number of methoxy groups -OCH3 is 2. The summed E-state index contributed by atoms with van der Waals surface area (Å²) in [5.41, 5.74) is 1.10. The van der Waals surface area contributed by atoms with Crippen LogP contribution in [0.1, 0.15) is 44.8 Å². The Hall–Kier alpha value is -1.26. The van der Waals surface area contributed by atoms with Crippen molar-refractivity contribution in [2.24, 2.45) is 22.7 Å². The van der Waals surface area contributed by atoms with Gasteiger partial charge in [-0.25, -0.2) is 0 Å². The van der Waals surface area contributed by atoms with Gasteiger partial charge < -0.3 is 19.3 Å². The third-order valence-corrected chi connectivity index (χ3v) is 7.18. The smallest absolute Gasteiger partial charge is 0.128 e. The maximum absolute atomic E-state index is 11.1. The van der Waals surface area contributed by atoms with E-state index >= 15 is 0 Å². The van der Waals surface area contributed by atoms with Crippen LogP contribution in [0.4, 0.5) is 0 Å². The summed E-state index contributed by atoms with van der Waals surface area (Å²) < 4.78 is 17.2. The highest BCUT2D eigenvalue weighted by molar-refractivity contribution is 5.43. The van der Waals surface area contributed by atoms with Crippen LogP contribution in [-0.4, -0.2) is 32.0 Å². The summed E-state index contributed by atoms with van der Waals surface area (Å²) in [6, 6.07) is 5.95. The minimum absolute atomic E-state index is 0.00201. The molecule has 2 bridgehead atoms. The molecule has 3 fully saturated rings. The van der Waals surface area contributed by atoms with Crippen LogP contribution in [-0.2, 0) is 4.74 Å². The number of ether oxygens (including phenoxy) is 3. The topological polar surface area (TPSA) is 47.9 Å². The summed E-state index contributed by atoms with van der Waals surface area (Å²) in [7, 11) is 3.35. The third-order valence-electron chi connectivity index (χ3n) is 7.18. The van der Waals surface area contributed by atoms with Crippen molar-refractivity contribution in [1.29, 1.82) is 0 Å². The van der Waals surface area contributed by atoms with E-state index in [9.17, 15) is 5.11 Å². The Morgan fingerprint density at radius 1 is 1.21 bits per heavy atom. The maximum atomic E-state index is 11.1. The van der Waals surface area contributed by atoms with Gasteiger partial charge in [0.2, 0.25) is 0 Å². The van der Waals surface area contributed by atoms with E-state index in [0.717, 1.165) is 36.3 Å². The number of hydrogen-bond donors (Lipinski definition) is 1. The van der Waals surface area contributed by atoms with E-state index in [1.807, 2.05) is 12.1 Å². The number of aliphatic hydroxyl groups excluding tert-OH is 1. The summed E-state index contributed by atoms with van der Waals surface area (Å²) in [6.07, 6.45) is 2.97. The van der Waals surface area contributed by atoms with Crippen molar-refractivity contribution in [2.45, 2.75) is 45.3 Å². The standard InChI is InChI=1S/C20H28O4/c1-19(2)12-9-15-17(24-8-7-20(15,11-12)18(19)21)14-6-5-13(22-3)10-16(14)23-4/h5-6,10,12,15,17-18,21H,7-9,11H2,1-4H3/t12-,15-,17-,18-,20?/m1/s1. The molecule has 1 saturated heterocycles. The molecule has 4 heteroatoms. The largest absolute Gasteiger partial charge is 0.497 e. The Balaban J connectivity index is 1.72. The van der Waals surface area contributed by atoms with E-state index < -0.39 is 0 Å². The fourth-order valence-electron chi connectivity index (χ4n) is 5.78. The molecule has 1 unspecified atom stereocenters. The lowest BCUT2D eigenvalue weighted by molar-refractivity contribution is -0.164. The van der Waals surface area contributed by atoms with Crippen molar-refractivity contribution in [1.82, 2.24) is 0 Å². The zero-order chi connectivity index (χ0) is 17.1. The van der Waals surface area contributed by atoms with E-state index in [0.29, 0.717) is 18.4 Å². The Bertz CT molecular complexity index is 641. The van der Waals surface area contributed by atoms with Crippen LogP contribution in [0.15, 0.2) is 18.2 Å². The molecule has 2 aliphatic carbocycles. The van der Waals surface area contributed by atoms with Crippen molar-refractivity contribution in [3.05, 3.63) is 23.8 Å². The predicted octanol–water partition coefficient (Wildman–Crippen LogP) is 3.58. The normalized spacial score (nSPS) is 39.5. The number of fused-ring (bicyclic) bond motifs is 1. The minimum Gasteiger partial charge on any atom is -0.497 e. The van der Waals surface area contributed by atoms with Crippen LogP contribution >= 0.6 is 0 Å². The van der Waals surface area contributed by atoms with E-state index in [1.54, 1.807) is 14.2 Å². The van der Waals surface area contributed by atoms with Crippen molar-refractivity contribution in [3.63, 3.8) is 0 Å². The first-order valence-corrected chi connectivity index (χ1v) is 8.95. The number of benzene rings is 1. The molecular weight excluding hydrogens is 304 g/mol. The minimum atomic E-state index is -0.246. The Labute approximate surface area is 144 Å². The van der Waals surface area contributed by atoms with Gasteiger partial charge in [-0.15, -0.1) is 0 Å². The molecule has 24 heavy (non-hydrogen) atoms. The van der Waals surface area contributed by atoms with E-state index in [-0.39, 0.29) is 23.0 Å². The monoisotopic (exact) mass is 332 g/mol. The lowest BCUT2D eigenvalue weighted by Crippen LogP contribution is -2.51. The van der Waals surface area contributed by atoms with Gasteiger partial charge in [-0.1, -0.05) is 13.8 Å². The molecule has 4 nitrogen and oxygen atoms in total. The predicted molar refractivity (Wildman–Crippen MR) is 91.3 cm³/mol. The van der Waals surface area contributed by atoms with Gasteiger partial charge in [0.1, 0.15) is 11.5 Å². The van der Waals surface area contributed by atoms with Gasteiger partial charge in [0.05, 0.1) is 26.4 Å². The zero-order valence-electron chi connectivity index (χ0n) is 15.0. The fourth-order valence-corrected chi connectivity index (χ4v) is 5.78. The first-order chi connectivity index (χ1) is 11.4. The van der Waals surface area contributed by atoms with Crippen LogP contribution in [0.3, 0.4) is 0 Å². The molecule has 0 amide bonds. The summed E-state index contributed by atoms with van der Waals surface area (Å²) >= 11 is 0. The summed E-state index contributed by atoms with van der Waals surface area (Å²) in [5, 5.41) is 11.1.